The summed E-state index contributed by atoms with van der Waals surface area (Å²) in [4.78, 5) is 12.3. The molecule has 1 fully saturated rings. The van der Waals surface area contributed by atoms with E-state index in [-0.39, 0.29) is 18.1 Å². The van der Waals surface area contributed by atoms with Gasteiger partial charge in [0.1, 0.15) is 11.8 Å². The number of aryl methyl sites for hydroxylation is 2. The Morgan fingerprint density at radius 1 is 1.55 bits per heavy atom. The first-order valence-electron chi connectivity index (χ1n) is 7.18. The Bertz CT molecular complexity index is 459. The third-order valence-electron chi connectivity index (χ3n) is 3.39. The fourth-order valence-electron chi connectivity index (χ4n) is 2.41. The lowest BCUT2D eigenvalue weighted by Crippen LogP contribution is -2.44. The van der Waals surface area contributed by atoms with E-state index in [0.717, 1.165) is 18.5 Å². The van der Waals surface area contributed by atoms with Crippen molar-refractivity contribution in [1.82, 2.24) is 15.1 Å². The second-order valence-electron chi connectivity index (χ2n) is 5.01. The Labute approximate surface area is 119 Å². The molecule has 0 aromatic carbocycles. The second-order valence-corrected chi connectivity index (χ2v) is 5.01. The van der Waals surface area contributed by atoms with Gasteiger partial charge in [0.25, 0.3) is 5.91 Å². The zero-order valence-electron chi connectivity index (χ0n) is 12.4. The monoisotopic (exact) mass is 281 g/mol. The molecule has 20 heavy (non-hydrogen) atoms. The molecule has 1 saturated heterocycles. The second kappa shape index (κ2) is 6.85. The predicted octanol–water partition coefficient (Wildman–Crippen LogP) is 0.906. The number of carbonyl (C=O) groups is 1. The van der Waals surface area contributed by atoms with Crippen molar-refractivity contribution in [3.8, 4) is 0 Å². The molecule has 2 heterocycles. The maximum Gasteiger partial charge on any atom is 0.269 e. The molecule has 6 nitrogen and oxygen atoms in total. The van der Waals surface area contributed by atoms with Gasteiger partial charge in [0.2, 0.25) is 0 Å². The van der Waals surface area contributed by atoms with Crippen molar-refractivity contribution in [1.29, 1.82) is 0 Å². The molecule has 2 rings (SSSR count). The Balaban J connectivity index is 2.00. The molecule has 0 spiro atoms. The first kappa shape index (κ1) is 15.0. The van der Waals surface area contributed by atoms with E-state index in [4.69, 9.17) is 9.47 Å². The molecule has 1 aliphatic rings. The number of aromatic nitrogens is 2. The first-order valence-corrected chi connectivity index (χ1v) is 7.18. The van der Waals surface area contributed by atoms with Gasteiger partial charge in [-0.2, -0.15) is 5.10 Å². The summed E-state index contributed by atoms with van der Waals surface area (Å²) in [6.45, 7) is 5.68. The number of nitrogens with one attached hydrogen (secondary N) is 1. The Morgan fingerprint density at radius 3 is 3.05 bits per heavy atom. The van der Waals surface area contributed by atoms with Gasteiger partial charge >= 0.3 is 0 Å². The molecule has 0 aliphatic carbocycles. The zero-order chi connectivity index (χ0) is 14.5. The van der Waals surface area contributed by atoms with Crippen LogP contribution in [0.2, 0.25) is 0 Å². The van der Waals surface area contributed by atoms with Crippen LogP contribution in [0.15, 0.2) is 6.07 Å². The first-order chi connectivity index (χ1) is 9.65. The third-order valence-corrected chi connectivity index (χ3v) is 3.39. The number of hydrogen-bond donors (Lipinski definition) is 1. The number of carbonyl (C=O) groups excluding carboxylic acids is 1. The van der Waals surface area contributed by atoms with Crippen molar-refractivity contribution in [3.05, 3.63) is 17.5 Å². The van der Waals surface area contributed by atoms with Gasteiger partial charge < -0.3 is 14.8 Å². The number of nitrogens with zero attached hydrogens (tertiary/aromatic N) is 2. The van der Waals surface area contributed by atoms with E-state index in [9.17, 15) is 4.79 Å². The predicted molar refractivity (Wildman–Crippen MR) is 74.7 cm³/mol. The largest absolute Gasteiger partial charge is 0.376 e. The van der Waals surface area contributed by atoms with Crippen molar-refractivity contribution in [2.45, 2.75) is 38.8 Å². The molecule has 0 unspecified atom stereocenters. The smallest absolute Gasteiger partial charge is 0.269 e. The van der Waals surface area contributed by atoms with Crippen LogP contribution in [0.3, 0.4) is 0 Å². The van der Waals surface area contributed by atoms with Crippen LogP contribution in [-0.2, 0) is 22.9 Å². The van der Waals surface area contributed by atoms with Crippen LogP contribution >= 0.6 is 0 Å². The maximum absolute atomic E-state index is 12.3. The lowest BCUT2D eigenvalue weighted by atomic mass is 10.2. The summed E-state index contributed by atoms with van der Waals surface area (Å²) < 4.78 is 12.6. The highest BCUT2D eigenvalue weighted by Crippen LogP contribution is 2.12. The molecule has 2 atom stereocenters. The minimum absolute atomic E-state index is 0.0627. The number of amides is 1. The third kappa shape index (κ3) is 3.37. The van der Waals surface area contributed by atoms with Gasteiger partial charge in [-0.1, -0.05) is 13.3 Å². The van der Waals surface area contributed by atoms with Gasteiger partial charge in [-0.3, -0.25) is 9.48 Å². The Kier molecular flexibility index (Phi) is 5.14. The van der Waals surface area contributed by atoms with Gasteiger partial charge in [0.05, 0.1) is 24.9 Å². The highest BCUT2D eigenvalue weighted by molar-refractivity contribution is 5.92. The van der Waals surface area contributed by atoms with Gasteiger partial charge in [-0.05, 0) is 19.4 Å². The number of rotatable bonds is 6. The molecule has 0 bridgehead atoms. The summed E-state index contributed by atoms with van der Waals surface area (Å²) in [6, 6.07) is 1.76. The lowest BCUT2D eigenvalue weighted by Gasteiger charge is -2.18. The fraction of sp³-hybridized carbons (Fsp3) is 0.714. The van der Waals surface area contributed by atoms with E-state index in [0.29, 0.717) is 25.5 Å². The topological polar surface area (TPSA) is 65.4 Å². The number of hydrogen-bond acceptors (Lipinski definition) is 4. The van der Waals surface area contributed by atoms with Crippen molar-refractivity contribution in [2.75, 3.05) is 19.8 Å². The summed E-state index contributed by atoms with van der Waals surface area (Å²) in [5.74, 6) is -0.123. The standard InChI is InChI=1S/C14H23N3O3/c1-4-6-10-7-12(17(3)16-10)14(18)15-11-8-19-9-13(11)20-5-2/h7,11,13H,4-6,8-9H2,1-3H3,(H,15,18)/t11-,13-/m1/s1. The van der Waals surface area contributed by atoms with Gasteiger partial charge in [-0.25, -0.2) is 0 Å². The van der Waals surface area contributed by atoms with Crippen LogP contribution in [0.5, 0.6) is 0 Å². The van der Waals surface area contributed by atoms with E-state index in [2.05, 4.69) is 17.3 Å². The summed E-state index contributed by atoms with van der Waals surface area (Å²) in [6.07, 6.45) is 1.84. The van der Waals surface area contributed by atoms with E-state index >= 15 is 0 Å². The SMILES string of the molecule is CCCc1cc(C(=O)N[C@@H]2COC[C@H]2OCC)n(C)n1. The minimum atomic E-state index is -0.123. The molecule has 0 saturated carbocycles. The molecule has 1 aromatic rings. The quantitative estimate of drug-likeness (QED) is 0.841. The van der Waals surface area contributed by atoms with Crippen LogP contribution in [-0.4, -0.2) is 47.7 Å². The van der Waals surface area contributed by atoms with Crippen molar-refractivity contribution < 1.29 is 14.3 Å². The van der Waals surface area contributed by atoms with Crippen molar-refractivity contribution in [2.24, 2.45) is 7.05 Å². The summed E-state index contributed by atoms with van der Waals surface area (Å²) in [7, 11) is 1.79. The highest BCUT2D eigenvalue weighted by Gasteiger charge is 2.30. The normalized spacial score (nSPS) is 22.1. The summed E-state index contributed by atoms with van der Waals surface area (Å²) in [5, 5.41) is 7.32. The van der Waals surface area contributed by atoms with E-state index in [1.54, 1.807) is 11.7 Å². The van der Waals surface area contributed by atoms with Gasteiger partial charge in [0, 0.05) is 13.7 Å². The minimum Gasteiger partial charge on any atom is -0.376 e. The molecule has 112 valence electrons. The number of ether oxygens (including phenoxy) is 2. The Morgan fingerprint density at radius 2 is 2.35 bits per heavy atom. The maximum atomic E-state index is 12.3. The molecular formula is C14H23N3O3. The van der Waals surface area contributed by atoms with Crippen LogP contribution < -0.4 is 5.32 Å². The van der Waals surface area contributed by atoms with Gasteiger partial charge in [0.15, 0.2) is 0 Å². The van der Waals surface area contributed by atoms with E-state index < -0.39 is 0 Å². The van der Waals surface area contributed by atoms with Crippen LogP contribution in [0.25, 0.3) is 0 Å². The Hall–Kier alpha value is -1.40. The van der Waals surface area contributed by atoms with Crippen LogP contribution in [0.4, 0.5) is 0 Å². The average molecular weight is 281 g/mol. The molecule has 1 aromatic heterocycles. The molecule has 0 radical (unpaired) electrons. The molecular weight excluding hydrogens is 258 g/mol. The lowest BCUT2D eigenvalue weighted by molar-refractivity contribution is 0.0401. The van der Waals surface area contributed by atoms with Crippen LogP contribution in [0.1, 0.15) is 36.5 Å². The van der Waals surface area contributed by atoms with E-state index in [1.165, 1.54) is 0 Å². The van der Waals surface area contributed by atoms with Crippen LogP contribution in [0, 0.1) is 0 Å². The summed E-state index contributed by atoms with van der Waals surface area (Å²) >= 11 is 0. The average Bonchev–Trinajstić information content (AvgIpc) is 2.98. The van der Waals surface area contributed by atoms with E-state index in [1.807, 2.05) is 13.0 Å². The highest BCUT2D eigenvalue weighted by atomic mass is 16.5. The van der Waals surface area contributed by atoms with Gasteiger partial charge in [-0.15, -0.1) is 0 Å². The molecule has 1 aliphatic heterocycles. The zero-order valence-corrected chi connectivity index (χ0v) is 12.4. The van der Waals surface area contributed by atoms with Crippen molar-refractivity contribution in [3.63, 3.8) is 0 Å². The fourth-order valence-corrected chi connectivity index (χ4v) is 2.41. The molecule has 1 N–H and O–H groups in total. The summed E-state index contributed by atoms with van der Waals surface area (Å²) in [5.41, 5.74) is 1.53. The molecule has 1 amide bonds. The van der Waals surface area contributed by atoms with Crippen molar-refractivity contribution >= 4 is 5.91 Å². The molecule has 6 heteroatoms.